The van der Waals surface area contributed by atoms with Gasteiger partial charge < -0.3 is 5.32 Å². The van der Waals surface area contributed by atoms with E-state index in [9.17, 15) is 0 Å². The molecule has 1 aliphatic carbocycles. The molecule has 1 aliphatic rings. The number of hydrogen-bond donors (Lipinski definition) is 1. The maximum atomic E-state index is 4.50. The second-order valence-electron chi connectivity index (χ2n) is 4.38. The molecular formula is C12H20N2S2. The fourth-order valence-corrected chi connectivity index (χ4v) is 4.31. The molecule has 2 rings (SSSR count). The van der Waals surface area contributed by atoms with E-state index in [0.29, 0.717) is 6.04 Å². The Labute approximate surface area is 106 Å². The maximum Gasteiger partial charge on any atom is 0.103 e. The van der Waals surface area contributed by atoms with Gasteiger partial charge in [0, 0.05) is 28.1 Å². The quantitative estimate of drug-likeness (QED) is 0.871. The summed E-state index contributed by atoms with van der Waals surface area (Å²) in [5, 5.41) is 5.44. The molecule has 1 aromatic rings. The predicted octanol–water partition coefficient (Wildman–Crippen LogP) is 3.60. The van der Waals surface area contributed by atoms with Crippen LogP contribution in [0.3, 0.4) is 0 Å². The molecule has 16 heavy (non-hydrogen) atoms. The third kappa shape index (κ3) is 3.22. The normalized spacial score (nSPS) is 19.1. The fourth-order valence-electron chi connectivity index (χ4n) is 1.98. The first-order valence-electron chi connectivity index (χ1n) is 6.03. The highest BCUT2D eigenvalue weighted by Crippen LogP contribution is 2.32. The maximum absolute atomic E-state index is 4.50. The van der Waals surface area contributed by atoms with Crippen LogP contribution in [-0.2, 0) is 5.75 Å². The fraction of sp³-hybridized carbons (Fsp3) is 0.750. The third-order valence-electron chi connectivity index (χ3n) is 3.18. The summed E-state index contributed by atoms with van der Waals surface area (Å²) in [5.74, 6) is 1.10. The largest absolute Gasteiger partial charge is 0.312 e. The molecule has 90 valence electrons. The van der Waals surface area contributed by atoms with Crippen LogP contribution in [0, 0.1) is 0 Å². The van der Waals surface area contributed by atoms with Gasteiger partial charge in [0.25, 0.3) is 0 Å². The van der Waals surface area contributed by atoms with Gasteiger partial charge in [-0.1, -0.05) is 12.8 Å². The molecule has 0 spiro atoms. The van der Waals surface area contributed by atoms with E-state index in [-0.39, 0.29) is 0 Å². The molecule has 0 bridgehead atoms. The van der Waals surface area contributed by atoms with Crippen LogP contribution in [0.15, 0.2) is 6.20 Å². The van der Waals surface area contributed by atoms with Crippen molar-refractivity contribution in [2.75, 3.05) is 7.05 Å². The summed E-state index contributed by atoms with van der Waals surface area (Å²) in [6.07, 6.45) is 7.71. The van der Waals surface area contributed by atoms with E-state index in [2.05, 4.69) is 29.0 Å². The second-order valence-corrected chi connectivity index (χ2v) is 6.82. The standard InChI is InChI=1S/C12H20N2S2/c1-9(13-2)11-7-14-12(16-11)8-15-10-5-3-4-6-10/h7,9-10,13H,3-6,8H2,1-2H3. The minimum Gasteiger partial charge on any atom is -0.312 e. The number of rotatable bonds is 5. The number of hydrogen-bond acceptors (Lipinski definition) is 4. The molecule has 0 amide bonds. The Balaban J connectivity index is 1.82. The number of aromatic nitrogens is 1. The molecule has 4 heteroatoms. The summed E-state index contributed by atoms with van der Waals surface area (Å²) in [6.45, 7) is 2.18. The average molecular weight is 256 g/mol. The first kappa shape index (κ1) is 12.4. The van der Waals surface area contributed by atoms with Crippen molar-refractivity contribution < 1.29 is 0 Å². The van der Waals surface area contributed by atoms with E-state index < -0.39 is 0 Å². The highest BCUT2D eigenvalue weighted by molar-refractivity contribution is 7.99. The van der Waals surface area contributed by atoms with Crippen molar-refractivity contribution in [1.29, 1.82) is 0 Å². The van der Waals surface area contributed by atoms with Crippen LogP contribution in [0.2, 0.25) is 0 Å². The van der Waals surface area contributed by atoms with Crippen molar-refractivity contribution in [2.45, 2.75) is 49.7 Å². The lowest BCUT2D eigenvalue weighted by Gasteiger charge is -2.06. The SMILES string of the molecule is CNC(C)c1cnc(CSC2CCCC2)s1. The van der Waals surface area contributed by atoms with E-state index in [1.54, 1.807) is 0 Å². The van der Waals surface area contributed by atoms with E-state index in [0.717, 1.165) is 11.0 Å². The van der Waals surface area contributed by atoms with Gasteiger partial charge in [-0.25, -0.2) is 4.98 Å². The van der Waals surface area contributed by atoms with Crippen LogP contribution >= 0.6 is 23.1 Å². The summed E-state index contributed by atoms with van der Waals surface area (Å²) in [7, 11) is 2.00. The monoisotopic (exact) mass is 256 g/mol. The molecule has 2 nitrogen and oxygen atoms in total. The van der Waals surface area contributed by atoms with Gasteiger partial charge in [0.15, 0.2) is 0 Å². The van der Waals surface area contributed by atoms with Gasteiger partial charge in [0.05, 0.1) is 0 Å². The molecule has 0 saturated heterocycles. The molecule has 1 heterocycles. The number of thioether (sulfide) groups is 1. The van der Waals surface area contributed by atoms with Crippen LogP contribution in [0.25, 0.3) is 0 Å². The highest BCUT2D eigenvalue weighted by atomic mass is 32.2. The van der Waals surface area contributed by atoms with Gasteiger partial charge in [0.2, 0.25) is 0 Å². The zero-order valence-electron chi connectivity index (χ0n) is 10.0. The first-order valence-corrected chi connectivity index (χ1v) is 7.89. The van der Waals surface area contributed by atoms with Crippen molar-refractivity contribution in [2.24, 2.45) is 0 Å². The Hall–Kier alpha value is -0.0600. The van der Waals surface area contributed by atoms with Gasteiger partial charge in [-0.05, 0) is 26.8 Å². The van der Waals surface area contributed by atoms with E-state index in [1.165, 1.54) is 35.6 Å². The smallest absolute Gasteiger partial charge is 0.103 e. The molecule has 1 fully saturated rings. The lowest BCUT2D eigenvalue weighted by Crippen LogP contribution is -2.10. The average Bonchev–Trinajstić information content (AvgIpc) is 2.96. The van der Waals surface area contributed by atoms with Crippen molar-refractivity contribution in [3.8, 4) is 0 Å². The predicted molar refractivity (Wildman–Crippen MR) is 73.1 cm³/mol. The Kier molecular flexibility index (Phi) is 4.67. The van der Waals surface area contributed by atoms with E-state index in [1.807, 2.05) is 24.6 Å². The molecule has 1 unspecified atom stereocenters. The van der Waals surface area contributed by atoms with Crippen LogP contribution in [0.5, 0.6) is 0 Å². The third-order valence-corrected chi connectivity index (χ3v) is 5.92. The second kappa shape index (κ2) is 6.03. The van der Waals surface area contributed by atoms with E-state index in [4.69, 9.17) is 0 Å². The van der Waals surface area contributed by atoms with Gasteiger partial charge in [-0.3, -0.25) is 0 Å². The summed E-state index contributed by atoms with van der Waals surface area (Å²) in [6, 6.07) is 0.433. The molecule has 1 saturated carbocycles. The van der Waals surface area contributed by atoms with Gasteiger partial charge in [0.1, 0.15) is 5.01 Å². The minimum atomic E-state index is 0.433. The van der Waals surface area contributed by atoms with Crippen LogP contribution in [0.4, 0.5) is 0 Å². The molecule has 1 aromatic heterocycles. The number of nitrogens with zero attached hydrogens (tertiary/aromatic N) is 1. The minimum absolute atomic E-state index is 0.433. The summed E-state index contributed by atoms with van der Waals surface area (Å²) < 4.78 is 0. The lowest BCUT2D eigenvalue weighted by molar-refractivity contribution is 0.662. The van der Waals surface area contributed by atoms with Gasteiger partial charge in [-0.15, -0.1) is 11.3 Å². The lowest BCUT2D eigenvalue weighted by atomic mass is 10.3. The first-order chi connectivity index (χ1) is 7.79. The van der Waals surface area contributed by atoms with Crippen molar-refractivity contribution >= 4 is 23.1 Å². The number of thiazole rings is 1. The van der Waals surface area contributed by atoms with Gasteiger partial charge in [-0.2, -0.15) is 11.8 Å². The Morgan fingerprint density at radius 1 is 1.56 bits per heavy atom. The van der Waals surface area contributed by atoms with Crippen molar-refractivity contribution in [3.63, 3.8) is 0 Å². The van der Waals surface area contributed by atoms with Crippen LogP contribution < -0.4 is 5.32 Å². The molecule has 0 aliphatic heterocycles. The Morgan fingerprint density at radius 3 is 3.00 bits per heavy atom. The van der Waals surface area contributed by atoms with Crippen LogP contribution in [-0.4, -0.2) is 17.3 Å². The van der Waals surface area contributed by atoms with Gasteiger partial charge >= 0.3 is 0 Å². The molecule has 1 N–H and O–H groups in total. The zero-order chi connectivity index (χ0) is 11.4. The molecular weight excluding hydrogens is 236 g/mol. The molecule has 1 atom stereocenters. The number of nitrogens with one attached hydrogen (secondary N) is 1. The summed E-state index contributed by atoms with van der Waals surface area (Å²) in [5.41, 5.74) is 0. The summed E-state index contributed by atoms with van der Waals surface area (Å²) in [4.78, 5) is 5.86. The topological polar surface area (TPSA) is 24.9 Å². The Bertz CT molecular complexity index is 319. The molecule has 0 radical (unpaired) electrons. The zero-order valence-corrected chi connectivity index (χ0v) is 11.7. The molecule has 0 aromatic carbocycles. The van der Waals surface area contributed by atoms with Crippen LogP contribution in [0.1, 0.15) is 48.5 Å². The highest BCUT2D eigenvalue weighted by Gasteiger charge is 2.16. The summed E-state index contributed by atoms with van der Waals surface area (Å²) >= 11 is 3.95. The van der Waals surface area contributed by atoms with Crippen molar-refractivity contribution in [3.05, 3.63) is 16.1 Å². The van der Waals surface area contributed by atoms with Crippen molar-refractivity contribution in [1.82, 2.24) is 10.3 Å². The van der Waals surface area contributed by atoms with E-state index >= 15 is 0 Å². The Morgan fingerprint density at radius 2 is 2.31 bits per heavy atom.